The highest BCUT2D eigenvalue weighted by Gasteiger charge is 2.34. The van der Waals surface area contributed by atoms with Crippen LogP contribution in [0.1, 0.15) is 112 Å². The van der Waals surface area contributed by atoms with E-state index in [1.165, 1.54) is 32.1 Å². The second kappa shape index (κ2) is 14.9. The number of carbonyl (C=O) groups is 1. The second-order valence-electron chi connectivity index (χ2n) is 8.51. The summed E-state index contributed by atoms with van der Waals surface area (Å²) in [5.41, 5.74) is 0. The summed E-state index contributed by atoms with van der Waals surface area (Å²) in [7, 11) is 0. The number of rotatable bonds is 16. The maximum Gasteiger partial charge on any atom is 0.321 e. The zero-order chi connectivity index (χ0) is 19.1. The third-order valence-electron chi connectivity index (χ3n) is 4.85. The molecule has 0 spiro atoms. The van der Waals surface area contributed by atoms with E-state index in [4.69, 9.17) is 17.4 Å². The SMILES string of the molecule is CCCCC(S)(CCCCCC(C)C)C(=O)OCCCCCC(C)C. The normalized spacial score (nSPS) is 14.1. The Labute approximate surface area is 163 Å². The quantitative estimate of drug-likeness (QED) is 0.176. The minimum absolute atomic E-state index is 0.0861. The molecule has 25 heavy (non-hydrogen) atoms. The lowest BCUT2D eigenvalue weighted by Gasteiger charge is -2.26. The number of unbranched alkanes of at least 4 members (excludes halogenated alkanes) is 5. The minimum atomic E-state index is -0.578. The highest BCUT2D eigenvalue weighted by molar-refractivity contribution is 7.82. The van der Waals surface area contributed by atoms with Gasteiger partial charge in [0.15, 0.2) is 0 Å². The number of hydrogen-bond acceptors (Lipinski definition) is 3. The monoisotopic (exact) mass is 372 g/mol. The molecule has 0 bridgehead atoms. The van der Waals surface area contributed by atoms with Crippen LogP contribution in [0.25, 0.3) is 0 Å². The van der Waals surface area contributed by atoms with Crippen molar-refractivity contribution >= 4 is 18.6 Å². The first-order chi connectivity index (χ1) is 11.8. The lowest BCUT2D eigenvalue weighted by Crippen LogP contribution is -2.35. The minimum Gasteiger partial charge on any atom is -0.465 e. The predicted octanol–water partition coefficient (Wildman–Crippen LogP) is 7.21. The van der Waals surface area contributed by atoms with Crippen LogP contribution in [-0.4, -0.2) is 17.3 Å². The zero-order valence-electron chi connectivity index (χ0n) is 17.6. The van der Waals surface area contributed by atoms with Gasteiger partial charge in [0.25, 0.3) is 0 Å². The summed E-state index contributed by atoms with van der Waals surface area (Å²) in [4.78, 5) is 12.6. The van der Waals surface area contributed by atoms with Gasteiger partial charge in [0.1, 0.15) is 4.75 Å². The summed E-state index contributed by atoms with van der Waals surface area (Å²) in [6.45, 7) is 11.8. The van der Waals surface area contributed by atoms with Gasteiger partial charge < -0.3 is 4.74 Å². The molecule has 0 aliphatic heterocycles. The third-order valence-corrected chi connectivity index (χ3v) is 5.48. The lowest BCUT2D eigenvalue weighted by atomic mass is 9.93. The van der Waals surface area contributed by atoms with Gasteiger partial charge in [-0.05, 0) is 31.1 Å². The van der Waals surface area contributed by atoms with Crippen LogP contribution >= 0.6 is 12.6 Å². The van der Waals surface area contributed by atoms with Gasteiger partial charge in [-0.1, -0.05) is 92.4 Å². The van der Waals surface area contributed by atoms with Gasteiger partial charge in [0.2, 0.25) is 0 Å². The average Bonchev–Trinajstić information content (AvgIpc) is 2.55. The molecule has 0 saturated heterocycles. The van der Waals surface area contributed by atoms with Crippen LogP contribution in [0.3, 0.4) is 0 Å². The molecule has 0 aromatic carbocycles. The summed E-state index contributed by atoms with van der Waals surface area (Å²) in [6.07, 6.45) is 13.2. The summed E-state index contributed by atoms with van der Waals surface area (Å²) in [5, 5.41) is 0. The first-order valence-electron chi connectivity index (χ1n) is 10.7. The third kappa shape index (κ3) is 13.7. The molecule has 0 aliphatic carbocycles. The van der Waals surface area contributed by atoms with Crippen LogP contribution < -0.4 is 0 Å². The van der Waals surface area contributed by atoms with Crippen LogP contribution in [0.5, 0.6) is 0 Å². The maximum absolute atomic E-state index is 12.6. The van der Waals surface area contributed by atoms with Crippen LogP contribution in [0, 0.1) is 11.8 Å². The summed E-state index contributed by atoms with van der Waals surface area (Å²) in [5.74, 6) is 1.44. The van der Waals surface area contributed by atoms with Crippen molar-refractivity contribution in [3.05, 3.63) is 0 Å². The molecule has 150 valence electrons. The van der Waals surface area contributed by atoms with Crippen molar-refractivity contribution in [1.82, 2.24) is 0 Å². The van der Waals surface area contributed by atoms with Crippen molar-refractivity contribution < 1.29 is 9.53 Å². The van der Waals surface area contributed by atoms with Gasteiger partial charge in [-0.2, -0.15) is 12.6 Å². The molecule has 0 aromatic heterocycles. The molecule has 3 heteroatoms. The molecule has 0 amide bonds. The van der Waals surface area contributed by atoms with Crippen LogP contribution in [0.4, 0.5) is 0 Å². The Morgan fingerprint density at radius 1 is 0.840 bits per heavy atom. The molecule has 0 N–H and O–H groups in total. The van der Waals surface area contributed by atoms with E-state index in [-0.39, 0.29) is 5.97 Å². The van der Waals surface area contributed by atoms with Crippen molar-refractivity contribution in [2.45, 2.75) is 116 Å². The molecule has 0 radical (unpaired) electrons. The highest BCUT2D eigenvalue weighted by atomic mass is 32.1. The fraction of sp³-hybridized carbons (Fsp3) is 0.955. The van der Waals surface area contributed by atoms with Crippen molar-refractivity contribution in [2.24, 2.45) is 11.8 Å². The van der Waals surface area contributed by atoms with E-state index in [0.29, 0.717) is 6.61 Å². The number of thiol groups is 1. The van der Waals surface area contributed by atoms with Crippen molar-refractivity contribution in [1.29, 1.82) is 0 Å². The Morgan fingerprint density at radius 3 is 1.88 bits per heavy atom. The Kier molecular flexibility index (Phi) is 14.8. The van der Waals surface area contributed by atoms with Gasteiger partial charge in [-0.3, -0.25) is 4.79 Å². The Balaban J connectivity index is 4.16. The van der Waals surface area contributed by atoms with E-state index in [1.54, 1.807) is 0 Å². The molecule has 0 aliphatic rings. The average molecular weight is 373 g/mol. The summed E-state index contributed by atoms with van der Waals surface area (Å²) < 4.78 is 5.01. The topological polar surface area (TPSA) is 26.3 Å². The first-order valence-corrected chi connectivity index (χ1v) is 11.2. The Hall–Kier alpha value is -0.180. The van der Waals surface area contributed by atoms with E-state index in [2.05, 4.69) is 34.6 Å². The number of ether oxygens (including phenoxy) is 1. The smallest absolute Gasteiger partial charge is 0.321 e. The van der Waals surface area contributed by atoms with Crippen molar-refractivity contribution in [3.8, 4) is 0 Å². The molecule has 1 atom stereocenters. The molecule has 0 rings (SSSR count). The lowest BCUT2D eigenvalue weighted by molar-refractivity contribution is -0.147. The molecule has 0 saturated carbocycles. The number of carbonyl (C=O) groups excluding carboxylic acids is 1. The largest absolute Gasteiger partial charge is 0.465 e. The van der Waals surface area contributed by atoms with E-state index in [0.717, 1.165) is 56.8 Å². The van der Waals surface area contributed by atoms with E-state index < -0.39 is 4.75 Å². The predicted molar refractivity (Wildman–Crippen MR) is 113 cm³/mol. The molecule has 0 fully saturated rings. The van der Waals surface area contributed by atoms with E-state index in [9.17, 15) is 4.79 Å². The maximum atomic E-state index is 12.6. The second-order valence-corrected chi connectivity index (χ2v) is 9.36. The van der Waals surface area contributed by atoms with Gasteiger partial charge in [-0.15, -0.1) is 0 Å². The molecular formula is C22H44O2S. The molecule has 0 aromatic rings. The zero-order valence-corrected chi connectivity index (χ0v) is 18.5. The van der Waals surface area contributed by atoms with Gasteiger partial charge in [0.05, 0.1) is 6.61 Å². The summed E-state index contributed by atoms with van der Waals surface area (Å²) >= 11 is 4.79. The van der Waals surface area contributed by atoms with Crippen molar-refractivity contribution in [3.63, 3.8) is 0 Å². The van der Waals surface area contributed by atoms with E-state index in [1.807, 2.05) is 0 Å². The summed E-state index contributed by atoms with van der Waals surface area (Å²) in [6, 6.07) is 0. The van der Waals surface area contributed by atoms with Gasteiger partial charge in [-0.25, -0.2) is 0 Å². The Morgan fingerprint density at radius 2 is 1.36 bits per heavy atom. The number of esters is 1. The van der Waals surface area contributed by atoms with Gasteiger partial charge in [0, 0.05) is 0 Å². The molecule has 0 heterocycles. The van der Waals surface area contributed by atoms with Crippen LogP contribution in [0.2, 0.25) is 0 Å². The van der Waals surface area contributed by atoms with Gasteiger partial charge >= 0.3 is 5.97 Å². The van der Waals surface area contributed by atoms with Crippen LogP contribution in [-0.2, 0) is 9.53 Å². The Bertz CT molecular complexity index is 328. The first kappa shape index (κ1) is 24.8. The van der Waals surface area contributed by atoms with Crippen LogP contribution in [0.15, 0.2) is 0 Å². The fourth-order valence-electron chi connectivity index (χ4n) is 3.08. The molecular weight excluding hydrogens is 328 g/mol. The van der Waals surface area contributed by atoms with E-state index >= 15 is 0 Å². The highest BCUT2D eigenvalue weighted by Crippen LogP contribution is 2.31. The molecule has 2 nitrogen and oxygen atoms in total. The standard InChI is InChI=1S/C22H44O2S/c1-6-7-16-22(25,17-12-8-10-14-19(2)3)21(23)24-18-13-9-11-15-20(4)5/h19-20,25H,6-18H2,1-5H3. The van der Waals surface area contributed by atoms with Crippen molar-refractivity contribution in [2.75, 3.05) is 6.61 Å². The number of hydrogen-bond donors (Lipinski definition) is 1. The fourth-order valence-corrected chi connectivity index (χ4v) is 3.46. The molecule has 1 unspecified atom stereocenters.